The number of benzene rings is 2. The number of carboxylic acid groups (broad SMARTS) is 1. The first-order valence-electron chi connectivity index (χ1n) is 14.8. The van der Waals surface area contributed by atoms with Gasteiger partial charge in [-0.15, -0.1) is 0 Å². The monoisotopic (exact) mass is 616 g/mol. The number of nitrogens with zero attached hydrogens (tertiary/aromatic N) is 4. The summed E-state index contributed by atoms with van der Waals surface area (Å²) in [5, 5.41) is 10.5. The molecule has 2 fully saturated rings. The van der Waals surface area contributed by atoms with Crippen LogP contribution < -0.4 is 0 Å². The molecule has 2 aliphatic rings. The summed E-state index contributed by atoms with van der Waals surface area (Å²) in [4.78, 5) is 46.8. The highest BCUT2D eigenvalue weighted by atomic mass is 35.5. The van der Waals surface area contributed by atoms with Crippen molar-refractivity contribution >= 4 is 41.0 Å². The van der Waals surface area contributed by atoms with Crippen molar-refractivity contribution in [3.8, 4) is 0 Å². The van der Waals surface area contributed by atoms with E-state index in [-0.39, 0.29) is 28.9 Å². The quantitative estimate of drug-likeness (QED) is 0.387. The van der Waals surface area contributed by atoms with Gasteiger partial charge in [-0.05, 0) is 81.6 Å². The molecule has 0 radical (unpaired) electrons. The summed E-state index contributed by atoms with van der Waals surface area (Å²) in [6.45, 7) is 4.78. The van der Waals surface area contributed by atoms with Crippen molar-refractivity contribution in [2.24, 2.45) is 0 Å². The fourth-order valence-corrected chi connectivity index (χ4v) is 6.80. The Morgan fingerprint density at radius 1 is 0.905 bits per heavy atom. The molecule has 0 spiro atoms. The lowest BCUT2D eigenvalue weighted by molar-refractivity contribution is -0.147. The number of rotatable bonds is 10. The van der Waals surface area contributed by atoms with Gasteiger partial charge >= 0.3 is 5.97 Å². The van der Waals surface area contributed by atoms with Crippen molar-refractivity contribution in [1.29, 1.82) is 0 Å². The minimum absolute atomic E-state index is 0.0155. The van der Waals surface area contributed by atoms with Crippen LogP contribution in [-0.4, -0.2) is 108 Å². The molecule has 2 saturated heterocycles. The maximum absolute atomic E-state index is 13.5. The molecule has 0 aliphatic carbocycles. The molecule has 10 heteroatoms. The van der Waals surface area contributed by atoms with Crippen molar-refractivity contribution in [2.75, 3.05) is 60.4 Å². The number of amides is 2. The van der Waals surface area contributed by atoms with Crippen LogP contribution in [0.25, 0.3) is 0 Å². The first-order valence-corrected chi connectivity index (χ1v) is 15.5. The van der Waals surface area contributed by atoms with Crippen molar-refractivity contribution in [1.82, 2.24) is 19.6 Å². The molecule has 2 aliphatic heterocycles. The van der Waals surface area contributed by atoms with E-state index in [0.29, 0.717) is 16.6 Å². The van der Waals surface area contributed by atoms with Gasteiger partial charge in [-0.25, -0.2) is 4.79 Å². The lowest BCUT2D eigenvalue weighted by atomic mass is 9.82. The van der Waals surface area contributed by atoms with Gasteiger partial charge in [0.25, 0.3) is 5.91 Å². The molecular formula is C32H42Cl2N4O4. The number of piperidine rings is 2. The van der Waals surface area contributed by atoms with Crippen LogP contribution in [0.4, 0.5) is 0 Å². The Morgan fingerprint density at radius 3 is 2.14 bits per heavy atom. The Balaban J connectivity index is 1.48. The van der Waals surface area contributed by atoms with E-state index in [1.807, 2.05) is 26.2 Å². The van der Waals surface area contributed by atoms with Crippen molar-refractivity contribution in [3.63, 3.8) is 0 Å². The Bertz CT molecular complexity index is 1270. The molecule has 1 unspecified atom stereocenters. The zero-order valence-electron chi connectivity index (χ0n) is 24.8. The first kappa shape index (κ1) is 32.3. The summed E-state index contributed by atoms with van der Waals surface area (Å²) in [7, 11) is 5.41. The predicted octanol–water partition coefficient (Wildman–Crippen LogP) is 5.35. The zero-order valence-corrected chi connectivity index (χ0v) is 26.3. The second-order valence-corrected chi connectivity index (χ2v) is 12.6. The molecule has 2 aromatic rings. The Morgan fingerprint density at radius 2 is 1.55 bits per heavy atom. The third kappa shape index (κ3) is 7.28. The third-order valence-corrected chi connectivity index (χ3v) is 9.63. The maximum Gasteiger partial charge on any atom is 0.336 e. The molecule has 2 aromatic carbocycles. The van der Waals surface area contributed by atoms with Gasteiger partial charge in [-0.1, -0.05) is 47.8 Å². The smallest absolute Gasteiger partial charge is 0.336 e. The van der Waals surface area contributed by atoms with Gasteiger partial charge in [-0.3, -0.25) is 14.5 Å². The van der Waals surface area contributed by atoms with Gasteiger partial charge < -0.3 is 19.8 Å². The van der Waals surface area contributed by atoms with E-state index in [1.54, 1.807) is 41.1 Å². The van der Waals surface area contributed by atoms with E-state index in [9.17, 15) is 19.5 Å². The minimum atomic E-state index is -1.13. The number of hydrogen-bond acceptors (Lipinski definition) is 5. The van der Waals surface area contributed by atoms with Gasteiger partial charge in [0.1, 0.15) is 5.54 Å². The summed E-state index contributed by atoms with van der Waals surface area (Å²) >= 11 is 12.6. The number of carbonyl (C=O) groups is 3. The van der Waals surface area contributed by atoms with Crippen LogP contribution in [0, 0.1) is 0 Å². The van der Waals surface area contributed by atoms with Gasteiger partial charge in [0, 0.05) is 46.7 Å². The molecule has 0 bridgehead atoms. The molecule has 8 nitrogen and oxygen atoms in total. The van der Waals surface area contributed by atoms with Crippen LogP contribution in [-0.2, 0) is 4.79 Å². The topological polar surface area (TPSA) is 84.4 Å². The van der Waals surface area contributed by atoms with Crippen LogP contribution in [0.5, 0.6) is 0 Å². The molecule has 42 heavy (non-hydrogen) atoms. The lowest BCUT2D eigenvalue weighted by Crippen LogP contribution is -2.64. The highest BCUT2D eigenvalue weighted by Crippen LogP contribution is 2.34. The summed E-state index contributed by atoms with van der Waals surface area (Å²) in [5.41, 5.74) is 0.681. The fourth-order valence-electron chi connectivity index (χ4n) is 6.49. The Kier molecular flexibility index (Phi) is 10.9. The standard InChI is InChI=1S/C32H42Cl2N4O4/c1-35(2)31(42)32(38-16-7-4-8-17-38)14-19-37(20-15-32)18-13-24(23-11-12-27(33)28(34)21-23)22-36(3)29(39)25-9-5-6-10-26(25)30(40)41/h5-6,9-12,21,24H,4,7-8,13-20,22H2,1-3H3,(H,40,41). The second-order valence-electron chi connectivity index (χ2n) is 11.8. The van der Waals surface area contributed by atoms with Gasteiger partial charge in [0.2, 0.25) is 5.91 Å². The number of carbonyl (C=O) groups excluding carboxylic acids is 2. The van der Waals surface area contributed by atoms with E-state index < -0.39 is 11.5 Å². The summed E-state index contributed by atoms with van der Waals surface area (Å²) in [6, 6.07) is 11.8. The normalized spacial score (nSPS) is 18.3. The van der Waals surface area contributed by atoms with E-state index in [1.165, 1.54) is 12.5 Å². The van der Waals surface area contributed by atoms with Crippen molar-refractivity contribution in [3.05, 3.63) is 69.2 Å². The van der Waals surface area contributed by atoms with E-state index in [2.05, 4.69) is 9.80 Å². The SMILES string of the molecule is CN(C)C(=O)C1(N2CCCCC2)CCN(CCC(CN(C)C(=O)c2ccccc2C(=O)O)c2ccc(Cl)c(Cl)c2)CC1. The van der Waals surface area contributed by atoms with Gasteiger partial charge in [0.05, 0.1) is 21.2 Å². The van der Waals surface area contributed by atoms with Crippen LogP contribution in [0.3, 0.4) is 0 Å². The Labute approximate surface area is 259 Å². The maximum atomic E-state index is 13.5. The molecule has 2 heterocycles. The molecule has 4 rings (SSSR count). The largest absolute Gasteiger partial charge is 0.478 e. The Hall–Kier alpha value is -2.65. The molecule has 0 aromatic heterocycles. The van der Waals surface area contributed by atoms with Gasteiger partial charge in [-0.2, -0.15) is 0 Å². The highest BCUT2D eigenvalue weighted by molar-refractivity contribution is 6.42. The van der Waals surface area contributed by atoms with Crippen molar-refractivity contribution in [2.45, 2.75) is 50.0 Å². The molecule has 1 N–H and O–H groups in total. The zero-order chi connectivity index (χ0) is 30.4. The number of carboxylic acids is 1. The summed E-state index contributed by atoms with van der Waals surface area (Å²) in [5.74, 6) is -1.32. The number of likely N-dealkylation sites (tertiary alicyclic amines) is 2. The number of aromatic carboxylic acids is 1. The molecule has 0 saturated carbocycles. The number of hydrogen-bond donors (Lipinski definition) is 1. The van der Waals surface area contributed by atoms with E-state index in [0.717, 1.165) is 70.4 Å². The summed E-state index contributed by atoms with van der Waals surface area (Å²) < 4.78 is 0. The second kappa shape index (κ2) is 14.2. The minimum Gasteiger partial charge on any atom is -0.478 e. The fraction of sp³-hybridized carbons (Fsp3) is 0.531. The van der Waals surface area contributed by atoms with Gasteiger partial charge in [0.15, 0.2) is 0 Å². The molecule has 1 atom stereocenters. The van der Waals surface area contributed by atoms with Crippen LogP contribution in [0.2, 0.25) is 10.0 Å². The van der Waals surface area contributed by atoms with E-state index >= 15 is 0 Å². The van der Waals surface area contributed by atoms with E-state index in [4.69, 9.17) is 23.2 Å². The molecular weight excluding hydrogens is 575 g/mol. The third-order valence-electron chi connectivity index (χ3n) is 8.89. The number of halogens is 2. The predicted molar refractivity (Wildman–Crippen MR) is 167 cm³/mol. The molecule has 2 amide bonds. The summed E-state index contributed by atoms with van der Waals surface area (Å²) in [6.07, 6.45) is 5.86. The average Bonchev–Trinajstić information content (AvgIpc) is 3.00. The van der Waals surface area contributed by atoms with Crippen LogP contribution in [0.1, 0.15) is 70.7 Å². The number of likely N-dealkylation sites (N-methyl/N-ethyl adjacent to an activating group) is 2. The lowest BCUT2D eigenvalue weighted by Gasteiger charge is -2.50. The highest BCUT2D eigenvalue weighted by Gasteiger charge is 2.47. The molecule has 228 valence electrons. The average molecular weight is 618 g/mol. The van der Waals surface area contributed by atoms with Crippen LogP contribution in [0.15, 0.2) is 42.5 Å². The van der Waals surface area contributed by atoms with Crippen LogP contribution >= 0.6 is 23.2 Å². The first-order chi connectivity index (χ1) is 20.0. The van der Waals surface area contributed by atoms with Crippen molar-refractivity contribution < 1.29 is 19.5 Å².